The Morgan fingerprint density at radius 2 is 1.67 bits per heavy atom. The smallest absolute Gasteiger partial charge is 0.225 e. The predicted molar refractivity (Wildman–Crippen MR) is 108 cm³/mol. The summed E-state index contributed by atoms with van der Waals surface area (Å²) in [7, 11) is 4.05. The van der Waals surface area contributed by atoms with E-state index in [4.69, 9.17) is 0 Å². The van der Waals surface area contributed by atoms with Crippen LogP contribution in [-0.2, 0) is 6.54 Å². The van der Waals surface area contributed by atoms with E-state index in [1.807, 2.05) is 50.5 Å². The van der Waals surface area contributed by atoms with Crippen molar-refractivity contribution >= 4 is 11.8 Å². The number of rotatable bonds is 8. The normalized spacial score (nSPS) is 10.8. The van der Waals surface area contributed by atoms with Gasteiger partial charge in [0.1, 0.15) is 11.6 Å². The van der Waals surface area contributed by atoms with Gasteiger partial charge in [0.05, 0.1) is 5.69 Å². The van der Waals surface area contributed by atoms with Gasteiger partial charge in [0.25, 0.3) is 0 Å². The zero-order valence-electron chi connectivity index (χ0n) is 15.6. The van der Waals surface area contributed by atoms with Gasteiger partial charge in [-0.15, -0.1) is 0 Å². The summed E-state index contributed by atoms with van der Waals surface area (Å²) in [6.07, 6.45) is 0. The Morgan fingerprint density at radius 3 is 2.37 bits per heavy atom. The fourth-order valence-corrected chi connectivity index (χ4v) is 2.56. The van der Waals surface area contributed by atoms with E-state index >= 15 is 0 Å². The van der Waals surface area contributed by atoms with E-state index in [2.05, 4.69) is 25.5 Å². The molecule has 0 aliphatic carbocycles. The number of aromatic nitrogens is 2. The lowest BCUT2D eigenvalue weighted by Gasteiger charge is -2.13. The van der Waals surface area contributed by atoms with Crippen LogP contribution in [0.1, 0.15) is 5.56 Å². The van der Waals surface area contributed by atoms with Crippen LogP contribution in [0.25, 0.3) is 11.3 Å². The molecule has 0 aliphatic heterocycles. The predicted octanol–water partition coefficient (Wildman–Crippen LogP) is 3.87. The van der Waals surface area contributed by atoms with E-state index in [0.29, 0.717) is 12.5 Å². The lowest BCUT2D eigenvalue weighted by molar-refractivity contribution is 0.425. The molecule has 27 heavy (non-hydrogen) atoms. The first-order chi connectivity index (χ1) is 13.1. The van der Waals surface area contributed by atoms with Gasteiger partial charge < -0.3 is 15.5 Å². The SMILES string of the molecule is CN(C)CCNc1nc(NCc2ccc(F)cc2)cc(-c2ccccc2)n1. The summed E-state index contributed by atoms with van der Waals surface area (Å²) in [6, 6.07) is 18.4. The van der Waals surface area contributed by atoms with Gasteiger partial charge in [-0.3, -0.25) is 0 Å². The summed E-state index contributed by atoms with van der Waals surface area (Å²) in [5.41, 5.74) is 2.86. The summed E-state index contributed by atoms with van der Waals surface area (Å²) in [5.74, 6) is 1.07. The molecule has 0 atom stereocenters. The Bertz CT molecular complexity index is 850. The van der Waals surface area contributed by atoms with Gasteiger partial charge >= 0.3 is 0 Å². The molecule has 0 unspecified atom stereocenters. The Balaban J connectivity index is 1.79. The van der Waals surface area contributed by atoms with E-state index in [9.17, 15) is 4.39 Å². The van der Waals surface area contributed by atoms with Crippen molar-refractivity contribution in [2.45, 2.75) is 6.54 Å². The standard InChI is InChI=1S/C21H24FN5/c1-27(2)13-12-23-21-25-19(17-6-4-3-5-7-17)14-20(26-21)24-15-16-8-10-18(22)11-9-16/h3-11,14H,12-13,15H2,1-2H3,(H2,23,24,25,26). The van der Waals surface area contributed by atoms with Crippen molar-refractivity contribution < 1.29 is 4.39 Å². The van der Waals surface area contributed by atoms with Crippen molar-refractivity contribution in [3.05, 3.63) is 72.0 Å². The highest BCUT2D eigenvalue weighted by molar-refractivity contribution is 5.64. The van der Waals surface area contributed by atoms with Gasteiger partial charge in [-0.05, 0) is 31.8 Å². The quantitative estimate of drug-likeness (QED) is 0.635. The lowest BCUT2D eigenvalue weighted by Crippen LogP contribution is -2.21. The number of hydrogen-bond acceptors (Lipinski definition) is 5. The van der Waals surface area contributed by atoms with Crippen molar-refractivity contribution in [3.63, 3.8) is 0 Å². The summed E-state index contributed by atoms with van der Waals surface area (Å²) >= 11 is 0. The second-order valence-corrected chi connectivity index (χ2v) is 6.54. The molecule has 140 valence electrons. The third-order valence-corrected chi connectivity index (χ3v) is 4.02. The minimum absolute atomic E-state index is 0.237. The second kappa shape index (κ2) is 9.09. The van der Waals surface area contributed by atoms with Crippen LogP contribution < -0.4 is 10.6 Å². The van der Waals surface area contributed by atoms with Crippen molar-refractivity contribution in [2.75, 3.05) is 37.8 Å². The fourth-order valence-electron chi connectivity index (χ4n) is 2.56. The van der Waals surface area contributed by atoms with Gasteiger partial charge in [0, 0.05) is 31.3 Å². The molecule has 0 spiro atoms. The molecule has 1 aromatic heterocycles. The number of anilines is 2. The molecule has 6 heteroatoms. The first kappa shape index (κ1) is 18.8. The van der Waals surface area contributed by atoms with Crippen molar-refractivity contribution in [1.29, 1.82) is 0 Å². The number of nitrogens with zero attached hydrogens (tertiary/aromatic N) is 3. The molecular weight excluding hydrogens is 341 g/mol. The molecule has 2 N–H and O–H groups in total. The van der Waals surface area contributed by atoms with Crippen molar-refractivity contribution in [3.8, 4) is 11.3 Å². The molecule has 3 aromatic rings. The van der Waals surface area contributed by atoms with Crippen LogP contribution in [0.2, 0.25) is 0 Å². The Kier molecular flexibility index (Phi) is 6.33. The summed E-state index contributed by atoms with van der Waals surface area (Å²) < 4.78 is 13.1. The molecule has 0 fully saturated rings. The van der Waals surface area contributed by atoms with Gasteiger partial charge in [-0.1, -0.05) is 42.5 Å². The van der Waals surface area contributed by atoms with Crippen LogP contribution in [-0.4, -0.2) is 42.1 Å². The van der Waals surface area contributed by atoms with Crippen LogP contribution in [0, 0.1) is 5.82 Å². The monoisotopic (exact) mass is 365 g/mol. The van der Waals surface area contributed by atoms with Crippen molar-refractivity contribution in [2.24, 2.45) is 0 Å². The number of hydrogen-bond donors (Lipinski definition) is 2. The fraction of sp³-hybridized carbons (Fsp3) is 0.238. The summed E-state index contributed by atoms with van der Waals surface area (Å²) in [5, 5.41) is 6.58. The van der Waals surface area contributed by atoms with E-state index in [-0.39, 0.29) is 5.82 Å². The molecular formula is C21H24FN5. The average molecular weight is 365 g/mol. The Morgan fingerprint density at radius 1 is 0.926 bits per heavy atom. The Hall–Kier alpha value is -2.99. The van der Waals surface area contributed by atoms with Gasteiger partial charge in [-0.2, -0.15) is 4.98 Å². The van der Waals surface area contributed by atoms with Crippen LogP contribution in [0.5, 0.6) is 0 Å². The van der Waals surface area contributed by atoms with Crippen LogP contribution in [0.3, 0.4) is 0 Å². The minimum Gasteiger partial charge on any atom is -0.366 e. The molecule has 0 aliphatic rings. The Labute approximate surface area is 159 Å². The molecule has 0 saturated carbocycles. The van der Waals surface area contributed by atoms with Crippen LogP contribution in [0.15, 0.2) is 60.7 Å². The average Bonchev–Trinajstić information content (AvgIpc) is 2.68. The van der Waals surface area contributed by atoms with E-state index in [1.165, 1.54) is 12.1 Å². The molecule has 5 nitrogen and oxygen atoms in total. The highest BCUT2D eigenvalue weighted by atomic mass is 19.1. The highest BCUT2D eigenvalue weighted by Gasteiger charge is 2.07. The first-order valence-electron chi connectivity index (χ1n) is 8.91. The zero-order chi connectivity index (χ0) is 19.1. The maximum Gasteiger partial charge on any atom is 0.225 e. The maximum atomic E-state index is 13.1. The van der Waals surface area contributed by atoms with Crippen LogP contribution in [0.4, 0.5) is 16.2 Å². The minimum atomic E-state index is -0.237. The third kappa shape index (κ3) is 5.76. The molecule has 0 amide bonds. The summed E-state index contributed by atoms with van der Waals surface area (Å²) in [4.78, 5) is 11.3. The van der Waals surface area contributed by atoms with E-state index in [0.717, 1.165) is 35.7 Å². The van der Waals surface area contributed by atoms with Gasteiger partial charge in [0.15, 0.2) is 0 Å². The zero-order valence-corrected chi connectivity index (χ0v) is 15.6. The molecule has 0 saturated heterocycles. The molecule has 0 bridgehead atoms. The number of likely N-dealkylation sites (N-methyl/N-ethyl adjacent to an activating group) is 1. The van der Waals surface area contributed by atoms with Crippen molar-refractivity contribution in [1.82, 2.24) is 14.9 Å². The lowest BCUT2D eigenvalue weighted by atomic mass is 10.1. The van der Waals surface area contributed by atoms with Gasteiger partial charge in [0.2, 0.25) is 5.95 Å². The molecule has 1 heterocycles. The molecule has 2 aromatic carbocycles. The first-order valence-corrected chi connectivity index (χ1v) is 8.91. The largest absolute Gasteiger partial charge is 0.366 e. The third-order valence-electron chi connectivity index (χ3n) is 4.02. The topological polar surface area (TPSA) is 53.1 Å². The van der Waals surface area contributed by atoms with E-state index in [1.54, 1.807) is 12.1 Å². The van der Waals surface area contributed by atoms with E-state index < -0.39 is 0 Å². The second-order valence-electron chi connectivity index (χ2n) is 6.54. The van der Waals surface area contributed by atoms with Gasteiger partial charge in [-0.25, -0.2) is 9.37 Å². The number of halogens is 1. The molecule has 3 rings (SSSR count). The highest BCUT2D eigenvalue weighted by Crippen LogP contribution is 2.21. The molecule has 0 radical (unpaired) electrons. The summed E-state index contributed by atoms with van der Waals surface area (Å²) in [6.45, 7) is 2.20. The number of benzene rings is 2. The maximum absolute atomic E-state index is 13.1. The van der Waals surface area contributed by atoms with Crippen LogP contribution >= 0.6 is 0 Å². The number of nitrogens with one attached hydrogen (secondary N) is 2.